The summed E-state index contributed by atoms with van der Waals surface area (Å²) in [5, 5.41) is 0. The molecule has 0 bridgehead atoms. The van der Waals surface area contributed by atoms with Crippen LogP contribution < -0.4 is 5.73 Å². The molecule has 0 atom stereocenters. The molecule has 2 N–H and O–H groups in total. The minimum atomic E-state index is -0.0941. The Morgan fingerprint density at radius 1 is 1.36 bits per heavy atom. The van der Waals surface area contributed by atoms with Crippen molar-refractivity contribution in [2.45, 2.75) is 38.7 Å². The smallest absolute Gasteiger partial charge is 0.0728 e. The molecule has 3 nitrogen and oxygen atoms in total. The zero-order chi connectivity index (χ0) is 11.0. The summed E-state index contributed by atoms with van der Waals surface area (Å²) < 4.78 is 10.7. The molecule has 0 aromatic rings. The minimum absolute atomic E-state index is 0.0941. The van der Waals surface area contributed by atoms with Crippen molar-refractivity contribution in [3.8, 4) is 0 Å². The highest BCUT2D eigenvalue weighted by molar-refractivity contribution is 7.80. The van der Waals surface area contributed by atoms with Crippen LogP contribution in [0, 0.1) is 0 Å². The van der Waals surface area contributed by atoms with E-state index in [1.807, 2.05) is 13.8 Å². The second kappa shape index (κ2) is 7.15. The van der Waals surface area contributed by atoms with Crippen molar-refractivity contribution in [3.63, 3.8) is 0 Å². The largest absolute Gasteiger partial charge is 0.393 e. The van der Waals surface area contributed by atoms with Crippen LogP contribution in [-0.4, -0.2) is 30.9 Å². The Hall–Kier alpha value is -0.190. The molecule has 0 fully saturated rings. The Kier molecular flexibility index (Phi) is 7.05. The number of hydrogen-bond donors (Lipinski definition) is 1. The van der Waals surface area contributed by atoms with E-state index in [1.54, 1.807) is 7.11 Å². The Morgan fingerprint density at radius 3 is 2.50 bits per heavy atom. The van der Waals surface area contributed by atoms with Gasteiger partial charge in [0, 0.05) is 20.3 Å². The fourth-order valence-corrected chi connectivity index (χ4v) is 1.01. The van der Waals surface area contributed by atoms with Crippen molar-refractivity contribution in [2.75, 3.05) is 20.3 Å². The standard InChI is InChI=1S/C10H21NO2S/c1-10(2,12-3)6-8-13-7-4-5-9(11)14/h4-8H2,1-3H3,(H2,11,14). The van der Waals surface area contributed by atoms with Crippen molar-refractivity contribution in [1.29, 1.82) is 0 Å². The number of hydrogen-bond acceptors (Lipinski definition) is 3. The highest BCUT2D eigenvalue weighted by Gasteiger charge is 2.15. The van der Waals surface area contributed by atoms with Crippen LogP contribution in [0.3, 0.4) is 0 Å². The lowest BCUT2D eigenvalue weighted by Gasteiger charge is -2.22. The summed E-state index contributed by atoms with van der Waals surface area (Å²) in [6.45, 7) is 5.53. The fourth-order valence-electron chi connectivity index (χ4n) is 0.871. The van der Waals surface area contributed by atoms with Crippen molar-refractivity contribution in [3.05, 3.63) is 0 Å². The molecule has 0 amide bonds. The van der Waals surface area contributed by atoms with Crippen molar-refractivity contribution in [1.82, 2.24) is 0 Å². The molecule has 84 valence electrons. The van der Waals surface area contributed by atoms with E-state index in [-0.39, 0.29) is 5.60 Å². The van der Waals surface area contributed by atoms with Gasteiger partial charge in [0.1, 0.15) is 0 Å². The SMILES string of the molecule is COC(C)(C)CCOCCCC(N)=S. The summed E-state index contributed by atoms with van der Waals surface area (Å²) in [6, 6.07) is 0. The quantitative estimate of drug-likeness (QED) is 0.500. The third-order valence-electron chi connectivity index (χ3n) is 2.11. The molecule has 0 aromatic heterocycles. The average Bonchev–Trinajstić information content (AvgIpc) is 2.10. The predicted molar refractivity (Wildman–Crippen MR) is 62.5 cm³/mol. The van der Waals surface area contributed by atoms with Gasteiger partial charge in [0.05, 0.1) is 10.6 Å². The summed E-state index contributed by atoms with van der Waals surface area (Å²) in [7, 11) is 1.72. The first-order valence-corrected chi connectivity index (χ1v) is 5.30. The molecular weight excluding hydrogens is 198 g/mol. The summed E-state index contributed by atoms with van der Waals surface area (Å²) in [5.41, 5.74) is 5.26. The van der Waals surface area contributed by atoms with Gasteiger partial charge in [0.15, 0.2) is 0 Å². The summed E-state index contributed by atoms with van der Waals surface area (Å²) in [4.78, 5) is 0.561. The van der Waals surface area contributed by atoms with E-state index >= 15 is 0 Å². The van der Waals surface area contributed by atoms with Gasteiger partial charge < -0.3 is 15.2 Å². The first-order chi connectivity index (χ1) is 6.48. The number of nitrogens with two attached hydrogens (primary N) is 1. The van der Waals surface area contributed by atoms with Gasteiger partial charge in [-0.05, 0) is 33.1 Å². The van der Waals surface area contributed by atoms with Gasteiger partial charge in [-0.25, -0.2) is 0 Å². The summed E-state index contributed by atoms with van der Waals surface area (Å²) in [6.07, 6.45) is 2.57. The Labute approximate surface area is 91.9 Å². The summed E-state index contributed by atoms with van der Waals surface area (Å²) >= 11 is 4.75. The van der Waals surface area contributed by atoms with E-state index in [9.17, 15) is 0 Å². The van der Waals surface area contributed by atoms with E-state index in [2.05, 4.69) is 0 Å². The zero-order valence-corrected chi connectivity index (χ0v) is 10.2. The highest BCUT2D eigenvalue weighted by Crippen LogP contribution is 2.12. The summed E-state index contributed by atoms with van der Waals surface area (Å²) in [5.74, 6) is 0. The van der Waals surface area contributed by atoms with E-state index in [1.165, 1.54) is 0 Å². The molecule has 0 saturated heterocycles. The third-order valence-corrected chi connectivity index (χ3v) is 2.32. The monoisotopic (exact) mass is 219 g/mol. The van der Waals surface area contributed by atoms with Crippen LogP contribution >= 0.6 is 12.2 Å². The number of rotatable bonds is 8. The minimum Gasteiger partial charge on any atom is -0.393 e. The molecule has 4 heteroatoms. The molecule has 14 heavy (non-hydrogen) atoms. The van der Waals surface area contributed by atoms with Crippen LogP contribution in [0.5, 0.6) is 0 Å². The van der Waals surface area contributed by atoms with Crippen molar-refractivity contribution < 1.29 is 9.47 Å². The van der Waals surface area contributed by atoms with Gasteiger partial charge in [0.2, 0.25) is 0 Å². The zero-order valence-electron chi connectivity index (χ0n) is 9.34. The Bertz CT molecular complexity index is 172. The van der Waals surface area contributed by atoms with Gasteiger partial charge in [0.25, 0.3) is 0 Å². The molecule has 0 unspecified atom stereocenters. The Morgan fingerprint density at radius 2 is 2.00 bits per heavy atom. The molecule has 0 aromatic carbocycles. The van der Waals surface area contributed by atoms with Crippen LogP contribution in [0.15, 0.2) is 0 Å². The molecular formula is C10H21NO2S. The van der Waals surface area contributed by atoms with Crippen LogP contribution in [0.2, 0.25) is 0 Å². The van der Waals surface area contributed by atoms with Gasteiger partial charge in [-0.2, -0.15) is 0 Å². The molecule has 0 rings (SSSR count). The molecule has 0 aliphatic heterocycles. The van der Waals surface area contributed by atoms with E-state index in [0.717, 1.165) is 32.5 Å². The van der Waals surface area contributed by atoms with Crippen LogP contribution in [-0.2, 0) is 9.47 Å². The van der Waals surface area contributed by atoms with E-state index < -0.39 is 0 Å². The lowest BCUT2D eigenvalue weighted by Crippen LogP contribution is -2.24. The topological polar surface area (TPSA) is 44.5 Å². The van der Waals surface area contributed by atoms with Crippen molar-refractivity contribution in [2.24, 2.45) is 5.73 Å². The molecule has 0 aliphatic rings. The normalized spacial score (nSPS) is 11.6. The second-order valence-corrected chi connectivity index (χ2v) is 4.42. The predicted octanol–water partition coefficient (Wildman–Crippen LogP) is 1.88. The van der Waals surface area contributed by atoms with E-state index in [0.29, 0.717) is 4.99 Å². The number of methoxy groups -OCH3 is 1. The lowest BCUT2D eigenvalue weighted by molar-refractivity contribution is -0.00985. The van der Waals surface area contributed by atoms with Gasteiger partial charge in [-0.15, -0.1) is 0 Å². The first kappa shape index (κ1) is 13.8. The highest BCUT2D eigenvalue weighted by atomic mass is 32.1. The molecule has 0 heterocycles. The van der Waals surface area contributed by atoms with Crippen molar-refractivity contribution >= 4 is 17.2 Å². The van der Waals surface area contributed by atoms with Crippen LogP contribution in [0.4, 0.5) is 0 Å². The maximum absolute atomic E-state index is 5.43. The second-order valence-electron chi connectivity index (χ2n) is 3.90. The lowest BCUT2D eigenvalue weighted by atomic mass is 10.1. The fraction of sp³-hybridized carbons (Fsp3) is 0.900. The van der Waals surface area contributed by atoms with Crippen LogP contribution in [0.25, 0.3) is 0 Å². The molecule has 0 saturated carbocycles. The average molecular weight is 219 g/mol. The van der Waals surface area contributed by atoms with Gasteiger partial charge in [-0.1, -0.05) is 12.2 Å². The third kappa shape index (κ3) is 8.41. The molecule has 0 aliphatic carbocycles. The molecule has 0 spiro atoms. The first-order valence-electron chi connectivity index (χ1n) is 4.89. The van der Waals surface area contributed by atoms with Gasteiger partial charge in [-0.3, -0.25) is 0 Å². The number of ether oxygens (including phenoxy) is 2. The van der Waals surface area contributed by atoms with E-state index in [4.69, 9.17) is 27.4 Å². The maximum atomic E-state index is 5.43. The molecule has 0 radical (unpaired) electrons. The maximum Gasteiger partial charge on any atom is 0.0728 e. The Balaban J connectivity index is 3.25. The van der Waals surface area contributed by atoms with Crippen LogP contribution in [0.1, 0.15) is 33.1 Å². The van der Waals surface area contributed by atoms with Gasteiger partial charge >= 0.3 is 0 Å². The number of thiocarbonyl (C=S) groups is 1.